The highest BCUT2D eigenvalue weighted by Gasteiger charge is 2.20. The van der Waals surface area contributed by atoms with Crippen LogP contribution < -0.4 is 0 Å². The van der Waals surface area contributed by atoms with Crippen LogP contribution in [0.5, 0.6) is 0 Å². The maximum Gasteiger partial charge on any atom is 0.147 e. The molecule has 19 heavy (non-hydrogen) atoms. The predicted octanol–water partition coefficient (Wildman–Crippen LogP) is 2.75. The van der Waals surface area contributed by atoms with Gasteiger partial charge in [0.15, 0.2) is 0 Å². The molecule has 4 heteroatoms. The molecule has 0 aliphatic heterocycles. The van der Waals surface area contributed by atoms with Crippen LogP contribution in [0.25, 0.3) is 0 Å². The highest BCUT2D eigenvalue weighted by atomic mass is 32.2. The van der Waals surface area contributed by atoms with E-state index >= 15 is 0 Å². The molecule has 1 unspecified atom stereocenters. The van der Waals surface area contributed by atoms with Crippen LogP contribution >= 0.6 is 0 Å². The zero-order valence-corrected chi connectivity index (χ0v) is 13.2. The molecule has 0 heterocycles. The van der Waals surface area contributed by atoms with E-state index in [4.69, 9.17) is 0 Å². The Hall–Kier alpha value is -0.870. The lowest BCUT2D eigenvalue weighted by atomic mass is 9.95. The van der Waals surface area contributed by atoms with Crippen LogP contribution in [0.1, 0.15) is 31.9 Å². The molecule has 1 aromatic carbocycles. The number of sulfone groups is 1. The van der Waals surface area contributed by atoms with Crippen LogP contribution in [0, 0.1) is 5.92 Å². The van der Waals surface area contributed by atoms with Gasteiger partial charge in [0.2, 0.25) is 0 Å². The third kappa shape index (κ3) is 5.74. The lowest BCUT2D eigenvalue weighted by molar-refractivity contribution is 0.194. The van der Waals surface area contributed by atoms with Gasteiger partial charge in [0.1, 0.15) is 9.84 Å². The van der Waals surface area contributed by atoms with Crippen LogP contribution in [0.15, 0.2) is 30.3 Å². The highest BCUT2D eigenvalue weighted by Crippen LogP contribution is 2.27. The van der Waals surface area contributed by atoms with Gasteiger partial charge in [-0.2, -0.15) is 0 Å². The summed E-state index contributed by atoms with van der Waals surface area (Å²) in [5.74, 6) is 0.752. The first-order valence-corrected chi connectivity index (χ1v) is 8.80. The Morgan fingerprint density at radius 2 is 1.74 bits per heavy atom. The second-order valence-corrected chi connectivity index (χ2v) is 7.82. The summed E-state index contributed by atoms with van der Waals surface area (Å²) in [6, 6.07) is 10.7. The van der Waals surface area contributed by atoms with Crippen molar-refractivity contribution in [2.75, 3.05) is 25.6 Å². The van der Waals surface area contributed by atoms with Crippen molar-refractivity contribution < 1.29 is 8.42 Å². The summed E-state index contributed by atoms with van der Waals surface area (Å²) in [6.07, 6.45) is 1.98. The van der Waals surface area contributed by atoms with Gasteiger partial charge in [-0.1, -0.05) is 44.2 Å². The zero-order valence-electron chi connectivity index (χ0n) is 12.3. The van der Waals surface area contributed by atoms with Gasteiger partial charge < -0.3 is 0 Å². The quantitative estimate of drug-likeness (QED) is 0.772. The standard InChI is InChI=1S/C15H25NO2S/c1-13(2)15(14-9-6-5-7-10-14)16(3)11-8-12-19(4,17)18/h5-7,9-10,13,15H,8,11-12H2,1-4H3. The maximum atomic E-state index is 11.2. The minimum atomic E-state index is -2.86. The number of hydrogen-bond donors (Lipinski definition) is 0. The van der Waals surface area contributed by atoms with Crippen molar-refractivity contribution in [3.63, 3.8) is 0 Å². The molecule has 0 bridgehead atoms. The van der Waals surface area contributed by atoms with E-state index in [1.54, 1.807) is 0 Å². The Labute approximate surface area is 117 Å². The summed E-state index contributed by atoms with van der Waals surface area (Å²) in [5.41, 5.74) is 1.29. The summed E-state index contributed by atoms with van der Waals surface area (Å²) in [4.78, 5) is 2.26. The van der Waals surface area contributed by atoms with Crippen LogP contribution in [-0.2, 0) is 9.84 Å². The van der Waals surface area contributed by atoms with Crippen LogP contribution in [-0.4, -0.2) is 38.9 Å². The molecule has 0 saturated carbocycles. The van der Waals surface area contributed by atoms with E-state index < -0.39 is 9.84 Å². The summed E-state index contributed by atoms with van der Waals surface area (Å²) >= 11 is 0. The van der Waals surface area contributed by atoms with Crippen molar-refractivity contribution in [1.82, 2.24) is 4.90 Å². The molecule has 0 saturated heterocycles. The van der Waals surface area contributed by atoms with Gasteiger partial charge in [0, 0.05) is 12.3 Å². The summed E-state index contributed by atoms with van der Waals surface area (Å²) in [6.45, 7) is 5.19. The molecule has 0 aliphatic carbocycles. The van der Waals surface area contributed by atoms with Gasteiger partial charge in [-0.05, 0) is 31.5 Å². The largest absolute Gasteiger partial charge is 0.299 e. The van der Waals surface area contributed by atoms with Gasteiger partial charge >= 0.3 is 0 Å². The van der Waals surface area contributed by atoms with Crippen LogP contribution in [0.2, 0.25) is 0 Å². The average Bonchev–Trinajstić information content (AvgIpc) is 2.28. The van der Waals surface area contributed by atoms with E-state index in [-0.39, 0.29) is 5.75 Å². The van der Waals surface area contributed by atoms with Crippen molar-refractivity contribution in [2.24, 2.45) is 5.92 Å². The van der Waals surface area contributed by atoms with Crippen molar-refractivity contribution in [2.45, 2.75) is 26.3 Å². The van der Waals surface area contributed by atoms with Crippen LogP contribution in [0.4, 0.5) is 0 Å². The second kappa shape index (κ2) is 7.06. The Morgan fingerprint density at radius 1 is 1.16 bits per heavy atom. The number of rotatable bonds is 7. The molecule has 3 nitrogen and oxygen atoms in total. The SMILES string of the molecule is CC(C)C(c1ccccc1)N(C)CCCS(C)(=O)=O. The molecular formula is C15H25NO2S. The normalized spacial score (nSPS) is 14.0. The third-order valence-corrected chi connectivity index (χ3v) is 4.30. The smallest absolute Gasteiger partial charge is 0.147 e. The summed E-state index contributed by atoms with van der Waals surface area (Å²) in [5, 5.41) is 0. The van der Waals surface area contributed by atoms with E-state index in [0.717, 1.165) is 6.54 Å². The topological polar surface area (TPSA) is 37.4 Å². The first-order valence-electron chi connectivity index (χ1n) is 6.74. The van der Waals surface area contributed by atoms with E-state index in [1.807, 2.05) is 6.07 Å². The first-order chi connectivity index (χ1) is 8.81. The molecular weight excluding hydrogens is 258 g/mol. The Kier molecular flexibility index (Phi) is 6.01. The van der Waals surface area contributed by atoms with Gasteiger partial charge in [-0.3, -0.25) is 4.90 Å². The monoisotopic (exact) mass is 283 g/mol. The summed E-state index contributed by atoms with van der Waals surface area (Å²) in [7, 11) is -0.788. The van der Waals surface area contributed by atoms with Crippen molar-refractivity contribution in [3.05, 3.63) is 35.9 Å². The van der Waals surface area contributed by atoms with Gasteiger partial charge in [-0.15, -0.1) is 0 Å². The molecule has 108 valence electrons. The lowest BCUT2D eigenvalue weighted by Crippen LogP contribution is -2.30. The van der Waals surface area contributed by atoms with Gasteiger partial charge in [0.05, 0.1) is 5.75 Å². The zero-order chi connectivity index (χ0) is 14.5. The van der Waals surface area contributed by atoms with Crippen molar-refractivity contribution >= 4 is 9.84 Å². The fourth-order valence-corrected chi connectivity index (χ4v) is 3.17. The Bertz CT molecular complexity index is 468. The molecule has 0 spiro atoms. The van der Waals surface area contributed by atoms with E-state index in [0.29, 0.717) is 18.4 Å². The average molecular weight is 283 g/mol. The Morgan fingerprint density at radius 3 is 2.21 bits per heavy atom. The Balaban J connectivity index is 2.67. The number of hydrogen-bond acceptors (Lipinski definition) is 3. The molecule has 0 amide bonds. The van der Waals surface area contributed by atoms with Crippen molar-refractivity contribution in [1.29, 1.82) is 0 Å². The molecule has 1 aromatic rings. The minimum Gasteiger partial charge on any atom is -0.299 e. The maximum absolute atomic E-state index is 11.2. The molecule has 0 N–H and O–H groups in total. The van der Waals surface area contributed by atoms with Gasteiger partial charge in [0.25, 0.3) is 0 Å². The van der Waals surface area contributed by atoms with E-state index in [1.165, 1.54) is 11.8 Å². The first kappa shape index (κ1) is 16.2. The van der Waals surface area contributed by atoms with Gasteiger partial charge in [-0.25, -0.2) is 8.42 Å². The fourth-order valence-electron chi connectivity index (χ4n) is 2.51. The molecule has 0 radical (unpaired) electrons. The molecule has 0 fully saturated rings. The van der Waals surface area contributed by atoms with E-state index in [9.17, 15) is 8.42 Å². The predicted molar refractivity (Wildman–Crippen MR) is 81.0 cm³/mol. The molecule has 0 aliphatic rings. The van der Waals surface area contributed by atoms with E-state index in [2.05, 4.69) is 50.1 Å². The molecule has 1 atom stereocenters. The van der Waals surface area contributed by atoms with Crippen LogP contribution in [0.3, 0.4) is 0 Å². The number of benzene rings is 1. The number of nitrogens with zero attached hydrogens (tertiary/aromatic N) is 1. The summed E-state index contributed by atoms with van der Waals surface area (Å²) < 4.78 is 22.3. The lowest BCUT2D eigenvalue weighted by Gasteiger charge is -2.31. The molecule has 1 rings (SSSR count). The fraction of sp³-hybridized carbons (Fsp3) is 0.600. The molecule has 0 aromatic heterocycles. The third-order valence-electron chi connectivity index (χ3n) is 3.27. The van der Waals surface area contributed by atoms with Crippen molar-refractivity contribution in [3.8, 4) is 0 Å². The highest BCUT2D eigenvalue weighted by molar-refractivity contribution is 7.90. The minimum absolute atomic E-state index is 0.261. The second-order valence-electron chi connectivity index (χ2n) is 5.56.